The van der Waals surface area contributed by atoms with Crippen LogP contribution in [0.3, 0.4) is 0 Å². The van der Waals surface area contributed by atoms with E-state index in [0.29, 0.717) is 0 Å². The van der Waals surface area contributed by atoms with E-state index in [-0.39, 0.29) is 17.3 Å². The zero-order valence-electron chi connectivity index (χ0n) is 8.63. The number of aliphatic hydroxyl groups is 2. The number of aromatic nitrogens is 1. The monoisotopic (exact) mass is 245 g/mol. The molecular weight excluding hydrogens is 234 g/mol. The van der Waals surface area contributed by atoms with Crippen molar-refractivity contribution in [3.8, 4) is 0 Å². The molecule has 0 saturated carbocycles. The maximum absolute atomic E-state index is 10.9. The topological polar surface area (TPSA) is 79.7 Å². The van der Waals surface area contributed by atoms with E-state index in [2.05, 4.69) is 9.72 Å². The molecule has 5 nitrogen and oxygen atoms in total. The van der Waals surface area contributed by atoms with Gasteiger partial charge >= 0.3 is 5.97 Å². The third-order valence-electron chi connectivity index (χ3n) is 2.01. The average molecular weight is 246 g/mol. The Bertz CT molecular complexity index is 372. The van der Waals surface area contributed by atoms with Crippen LogP contribution in [0.2, 0.25) is 5.15 Å². The first-order chi connectivity index (χ1) is 7.54. The number of carbonyl (C=O) groups is 1. The molecule has 2 N–H and O–H groups in total. The second-order valence-corrected chi connectivity index (χ2v) is 3.56. The first-order valence-corrected chi connectivity index (χ1v) is 4.97. The molecule has 16 heavy (non-hydrogen) atoms. The quantitative estimate of drug-likeness (QED) is 0.603. The van der Waals surface area contributed by atoms with E-state index < -0.39 is 18.2 Å². The standard InChI is InChI=1S/C10H12ClNO4/c1-16-9(14)5-7(13)10(15)6-3-2-4-8(11)12-6/h2-4,7,10,13,15H,5H2,1H3. The number of rotatable bonds is 4. The summed E-state index contributed by atoms with van der Waals surface area (Å²) in [5.74, 6) is -0.603. The zero-order valence-corrected chi connectivity index (χ0v) is 9.39. The highest BCUT2D eigenvalue weighted by Crippen LogP contribution is 2.18. The fraction of sp³-hybridized carbons (Fsp3) is 0.400. The van der Waals surface area contributed by atoms with Crippen LogP contribution in [-0.2, 0) is 9.53 Å². The Balaban J connectivity index is 2.70. The lowest BCUT2D eigenvalue weighted by atomic mass is 10.1. The van der Waals surface area contributed by atoms with Gasteiger partial charge < -0.3 is 14.9 Å². The first kappa shape index (κ1) is 12.9. The zero-order chi connectivity index (χ0) is 12.1. The van der Waals surface area contributed by atoms with Crippen LogP contribution in [0.1, 0.15) is 18.2 Å². The second kappa shape index (κ2) is 5.79. The number of methoxy groups -OCH3 is 1. The van der Waals surface area contributed by atoms with Crippen molar-refractivity contribution < 1.29 is 19.7 Å². The molecular formula is C10H12ClNO4. The first-order valence-electron chi connectivity index (χ1n) is 4.60. The van der Waals surface area contributed by atoms with Crippen molar-refractivity contribution in [3.05, 3.63) is 29.0 Å². The SMILES string of the molecule is COC(=O)CC(O)C(O)c1cccc(Cl)n1. The van der Waals surface area contributed by atoms with Gasteiger partial charge in [0.25, 0.3) is 0 Å². The number of esters is 1. The summed E-state index contributed by atoms with van der Waals surface area (Å²) in [6.45, 7) is 0. The number of pyridine rings is 1. The van der Waals surface area contributed by atoms with Gasteiger partial charge in [0, 0.05) is 0 Å². The van der Waals surface area contributed by atoms with E-state index in [1.165, 1.54) is 13.2 Å². The number of aliphatic hydroxyl groups excluding tert-OH is 2. The van der Waals surface area contributed by atoms with Crippen molar-refractivity contribution in [3.63, 3.8) is 0 Å². The molecule has 0 aliphatic carbocycles. The van der Waals surface area contributed by atoms with Crippen LogP contribution in [0.25, 0.3) is 0 Å². The lowest BCUT2D eigenvalue weighted by molar-refractivity contribution is -0.144. The van der Waals surface area contributed by atoms with Gasteiger partial charge in [0.1, 0.15) is 11.3 Å². The predicted molar refractivity (Wildman–Crippen MR) is 56.8 cm³/mol. The summed E-state index contributed by atoms with van der Waals surface area (Å²) in [5.41, 5.74) is 0.212. The van der Waals surface area contributed by atoms with Crippen LogP contribution in [0.5, 0.6) is 0 Å². The third-order valence-corrected chi connectivity index (χ3v) is 2.22. The van der Waals surface area contributed by atoms with Crippen LogP contribution < -0.4 is 0 Å². The molecule has 1 rings (SSSR count). The van der Waals surface area contributed by atoms with Crippen LogP contribution in [0.4, 0.5) is 0 Å². The number of ether oxygens (including phenoxy) is 1. The molecule has 0 bridgehead atoms. The van der Waals surface area contributed by atoms with Gasteiger partial charge in [-0.2, -0.15) is 0 Å². The van der Waals surface area contributed by atoms with Gasteiger partial charge in [-0.15, -0.1) is 0 Å². The van der Waals surface area contributed by atoms with E-state index in [1.807, 2.05) is 0 Å². The molecule has 88 valence electrons. The van der Waals surface area contributed by atoms with E-state index in [4.69, 9.17) is 11.6 Å². The summed E-state index contributed by atoms with van der Waals surface area (Å²) in [4.78, 5) is 14.7. The Morgan fingerprint density at radius 2 is 2.25 bits per heavy atom. The van der Waals surface area contributed by atoms with E-state index >= 15 is 0 Å². The Kier molecular flexibility index (Phi) is 4.67. The van der Waals surface area contributed by atoms with Crippen molar-refractivity contribution >= 4 is 17.6 Å². The largest absolute Gasteiger partial charge is 0.469 e. The molecule has 2 atom stereocenters. The smallest absolute Gasteiger partial charge is 0.308 e. The summed E-state index contributed by atoms with van der Waals surface area (Å²) < 4.78 is 4.37. The van der Waals surface area contributed by atoms with Crippen LogP contribution in [0.15, 0.2) is 18.2 Å². The minimum atomic E-state index is -1.27. The molecule has 1 aromatic heterocycles. The highest BCUT2D eigenvalue weighted by Gasteiger charge is 2.22. The van der Waals surface area contributed by atoms with Gasteiger partial charge in [0.15, 0.2) is 0 Å². The normalized spacial score (nSPS) is 14.2. The minimum absolute atomic E-state index is 0.210. The third kappa shape index (κ3) is 3.44. The second-order valence-electron chi connectivity index (χ2n) is 3.18. The molecule has 0 saturated heterocycles. The van der Waals surface area contributed by atoms with E-state index in [9.17, 15) is 15.0 Å². The van der Waals surface area contributed by atoms with Crippen LogP contribution in [0, 0.1) is 0 Å². The van der Waals surface area contributed by atoms with Gasteiger partial charge in [0.2, 0.25) is 0 Å². The Hall–Kier alpha value is -1.17. The van der Waals surface area contributed by atoms with Crippen molar-refractivity contribution in [1.29, 1.82) is 0 Å². The molecule has 0 aliphatic heterocycles. The summed E-state index contributed by atoms with van der Waals surface area (Å²) in [6, 6.07) is 4.65. The summed E-state index contributed by atoms with van der Waals surface area (Å²) in [5, 5.41) is 19.4. The Morgan fingerprint density at radius 3 is 2.81 bits per heavy atom. The summed E-state index contributed by atoms with van der Waals surface area (Å²) >= 11 is 5.63. The lowest BCUT2D eigenvalue weighted by Gasteiger charge is -2.16. The summed E-state index contributed by atoms with van der Waals surface area (Å²) in [7, 11) is 1.21. The maximum Gasteiger partial charge on any atom is 0.308 e. The number of nitrogens with zero attached hydrogens (tertiary/aromatic N) is 1. The molecule has 1 aromatic rings. The Labute approximate surface area is 97.6 Å². The fourth-order valence-electron chi connectivity index (χ4n) is 1.15. The molecule has 0 aromatic carbocycles. The van der Waals surface area contributed by atoms with Crippen molar-refractivity contribution in [1.82, 2.24) is 4.98 Å². The van der Waals surface area contributed by atoms with Gasteiger partial charge in [0.05, 0.1) is 25.3 Å². The van der Waals surface area contributed by atoms with Crippen molar-refractivity contribution in [2.24, 2.45) is 0 Å². The lowest BCUT2D eigenvalue weighted by Crippen LogP contribution is -2.23. The molecule has 0 fully saturated rings. The minimum Gasteiger partial charge on any atom is -0.469 e. The number of carbonyl (C=O) groups excluding carboxylic acids is 1. The molecule has 0 spiro atoms. The van der Waals surface area contributed by atoms with Gasteiger partial charge in [-0.1, -0.05) is 17.7 Å². The fourth-order valence-corrected chi connectivity index (χ4v) is 1.32. The van der Waals surface area contributed by atoms with E-state index in [0.717, 1.165) is 0 Å². The van der Waals surface area contributed by atoms with Crippen molar-refractivity contribution in [2.75, 3.05) is 7.11 Å². The molecule has 1 heterocycles. The summed E-state index contributed by atoms with van der Waals surface area (Å²) in [6.07, 6.45) is -2.83. The number of hydrogen-bond donors (Lipinski definition) is 2. The molecule has 0 aliphatic rings. The Morgan fingerprint density at radius 1 is 1.56 bits per heavy atom. The molecule has 6 heteroatoms. The molecule has 0 amide bonds. The van der Waals surface area contributed by atoms with Crippen LogP contribution >= 0.6 is 11.6 Å². The van der Waals surface area contributed by atoms with Gasteiger partial charge in [-0.05, 0) is 12.1 Å². The van der Waals surface area contributed by atoms with Gasteiger partial charge in [-0.3, -0.25) is 4.79 Å². The van der Waals surface area contributed by atoms with E-state index in [1.54, 1.807) is 12.1 Å². The van der Waals surface area contributed by atoms with Gasteiger partial charge in [-0.25, -0.2) is 4.98 Å². The highest BCUT2D eigenvalue weighted by molar-refractivity contribution is 6.29. The highest BCUT2D eigenvalue weighted by atomic mass is 35.5. The predicted octanol–water partition coefficient (Wildman–Crippen LogP) is 0.692. The molecule has 2 unspecified atom stereocenters. The average Bonchev–Trinajstić information content (AvgIpc) is 2.27. The number of halogens is 1. The number of hydrogen-bond acceptors (Lipinski definition) is 5. The molecule has 0 radical (unpaired) electrons. The van der Waals surface area contributed by atoms with Crippen LogP contribution in [-0.4, -0.2) is 34.4 Å². The van der Waals surface area contributed by atoms with Crippen molar-refractivity contribution in [2.45, 2.75) is 18.6 Å². The maximum atomic E-state index is 10.9.